The number of para-hydroxylation sites is 1. The van der Waals surface area contributed by atoms with Crippen LogP contribution in [0.25, 0.3) is 16.1 Å². The van der Waals surface area contributed by atoms with Crippen molar-refractivity contribution >= 4 is 32.6 Å². The standard InChI is InChI=1S/C23H23FN2O3S2/c1-23(2,27)22-14-19(26(25-22)18-10-5-4-9-17(18)24)21-12-11-20(30-21)15-7-6-8-16(13-15)31(3,28)29/h4-14,22,25,27H,1-3H3. The second-order valence-corrected chi connectivity index (χ2v) is 11.2. The molecular formula is C23H23FN2O3S2. The zero-order valence-electron chi connectivity index (χ0n) is 17.3. The lowest BCUT2D eigenvalue weighted by Gasteiger charge is -2.28. The molecule has 4 rings (SSSR count). The highest BCUT2D eigenvalue weighted by atomic mass is 32.2. The van der Waals surface area contributed by atoms with Crippen LogP contribution < -0.4 is 10.4 Å². The van der Waals surface area contributed by atoms with Crippen LogP contribution in [0.5, 0.6) is 0 Å². The predicted octanol–water partition coefficient (Wildman–Crippen LogP) is 4.46. The molecule has 31 heavy (non-hydrogen) atoms. The fourth-order valence-electron chi connectivity index (χ4n) is 3.38. The molecule has 0 bridgehead atoms. The second kappa shape index (κ2) is 7.87. The van der Waals surface area contributed by atoms with E-state index in [0.717, 1.165) is 21.0 Å². The topological polar surface area (TPSA) is 69.6 Å². The molecule has 0 spiro atoms. The highest BCUT2D eigenvalue weighted by Crippen LogP contribution is 2.39. The predicted molar refractivity (Wildman–Crippen MR) is 123 cm³/mol. The third-order valence-corrected chi connectivity index (χ3v) is 7.36. The molecule has 1 aliphatic heterocycles. The van der Waals surface area contributed by atoms with Crippen molar-refractivity contribution in [3.63, 3.8) is 0 Å². The molecule has 0 radical (unpaired) electrons. The van der Waals surface area contributed by atoms with E-state index in [9.17, 15) is 17.9 Å². The molecule has 1 aromatic heterocycles. The molecular weight excluding hydrogens is 435 g/mol. The molecule has 1 aliphatic rings. The van der Waals surface area contributed by atoms with Crippen LogP contribution in [0.3, 0.4) is 0 Å². The van der Waals surface area contributed by atoms with Crippen molar-refractivity contribution in [1.29, 1.82) is 0 Å². The van der Waals surface area contributed by atoms with E-state index >= 15 is 0 Å². The van der Waals surface area contributed by atoms with Crippen molar-refractivity contribution in [3.05, 3.63) is 77.4 Å². The highest BCUT2D eigenvalue weighted by Gasteiger charge is 2.35. The van der Waals surface area contributed by atoms with Gasteiger partial charge in [0, 0.05) is 11.1 Å². The monoisotopic (exact) mass is 458 g/mol. The number of hydrazine groups is 1. The molecule has 162 valence electrons. The molecule has 1 atom stereocenters. The number of sulfone groups is 1. The van der Waals surface area contributed by atoms with Crippen molar-refractivity contribution in [2.75, 3.05) is 11.3 Å². The van der Waals surface area contributed by atoms with Crippen LogP contribution in [0, 0.1) is 5.82 Å². The molecule has 1 unspecified atom stereocenters. The van der Waals surface area contributed by atoms with Gasteiger partial charge < -0.3 is 5.11 Å². The number of aliphatic hydroxyl groups is 1. The smallest absolute Gasteiger partial charge is 0.175 e. The Kier molecular flexibility index (Phi) is 5.51. The first-order valence-corrected chi connectivity index (χ1v) is 12.4. The number of rotatable bonds is 5. The Labute approximate surface area is 185 Å². The van der Waals surface area contributed by atoms with Crippen molar-refractivity contribution in [2.24, 2.45) is 0 Å². The van der Waals surface area contributed by atoms with Crippen LogP contribution in [-0.2, 0) is 9.84 Å². The summed E-state index contributed by atoms with van der Waals surface area (Å²) in [7, 11) is -3.31. The Balaban J connectivity index is 1.75. The lowest BCUT2D eigenvalue weighted by atomic mass is 9.99. The maximum atomic E-state index is 14.6. The van der Waals surface area contributed by atoms with Crippen LogP contribution in [0.1, 0.15) is 18.7 Å². The van der Waals surface area contributed by atoms with E-state index in [1.807, 2.05) is 24.3 Å². The highest BCUT2D eigenvalue weighted by molar-refractivity contribution is 7.90. The fraction of sp³-hybridized carbons (Fsp3) is 0.217. The van der Waals surface area contributed by atoms with Crippen molar-refractivity contribution in [2.45, 2.75) is 30.4 Å². The summed E-state index contributed by atoms with van der Waals surface area (Å²) in [6.07, 6.45) is 3.07. The van der Waals surface area contributed by atoms with Crippen LogP contribution in [-0.4, -0.2) is 31.4 Å². The average molecular weight is 459 g/mol. The molecule has 2 heterocycles. The number of hydrogen-bond acceptors (Lipinski definition) is 6. The maximum Gasteiger partial charge on any atom is 0.175 e. The molecule has 0 saturated heterocycles. The molecule has 3 aromatic rings. The van der Waals surface area contributed by atoms with E-state index in [-0.39, 0.29) is 10.7 Å². The zero-order chi connectivity index (χ0) is 22.4. The SMILES string of the molecule is CC(C)(O)C1C=C(c2ccc(-c3cccc(S(C)(=O)=O)c3)s2)N(c2ccccc2F)N1. The van der Waals surface area contributed by atoms with E-state index in [1.165, 1.54) is 23.7 Å². The summed E-state index contributed by atoms with van der Waals surface area (Å²) >= 11 is 1.47. The van der Waals surface area contributed by atoms with E-state index in [0.29, 0.717) is 5.69 Å². The minimum atomic E-state index is -3.31. The Hall–Kier alpha value is -2.52. The number of anilines is 1. The maximum absolute atomic E-state index is 14.6. The van der Waals surface area contributed by atoms with Crippen molar-refractivity contribution < 1.29 is 17.9 Å². The van der Waals surface area contributed by atoms with Gasteiger partial charge in [0.1, 0.15) is 5.82 Å². The molecule has 0 amide bonds. The summed E-state index contributed by atoms with van der Waals surface area (Å²) in [4.78, 5) is 2.01. The summed E-state index contributed by atoms with van der Waals surface area (Å²) in [5, 5.41) is 12.2. The minimum Gasteiger partial charge on any atom is -0.388 e. The first kappa shape index (κ1) is 21.7. The first-order chi connectivity index (χ1) is 14.5. The molecule has 2 aromatic carbocycles. The van der Waals surface area contributed by atoms with Gasteiger partial charge in [0.15, 0.2) is 9.84 Å². The lowest BCUT2D eigenvalue weighted by molar-refractivity contribution is 0.0572. The molecule has 5 nitrogen and oxygen atoms in total. The van der Waals surface area contributed by atoms with Gasteiger partial charge >= 0.3 is 0 Å². The van der Waals surface area contributed by atoms with Crippen LogP contribution >= 0.6 is 11.3 Å². The van der Waals surface area contributed by atoms with Gasteiger partial charge in [0.2, 0.25) is 0 Å². The van der Waals surface area contributed by atoms with Gasteiger partial charge in [0.25, 0.3) is 0 Å². The summed E-state index contributed by atoms with van der Waals surface area (Å²) in [5.74, 6) is -0.380. The Bertz CT molecular complexity index is 1260. The molecule has 0 fully saturated rings. The van der Waals surface area contributed by atoms with Crippen LogP contribution in [0.2, 0.25) is 0 Å². The van der Waals surface area contributed by atoms with Gasteiger partial charge in [-0.1, -0.05) is 24.3 Å². The van der Waals surface area contributed by atoms with Gasteiger partial charge in [0.05, 0.1) is 32.8 Å². The first-order valence-electron chi connectivity index (χ1n) is 9.70. The quantitative estimate of drug-likeness (QED) is 0.591. The Morgan fingerprint density at radius 2 is 1.77 bits per heavy atom. The number of nitrogens with zero attached hydrogens (tertiary/aromatic N) is 1. The third kappa shape index (κ3) is 4.43. The third-order valence-electron chi connectivity index (χ3n) is 5.09. The van der Waals surface area contributed by atoms with E-state index in [1.54, 1.807) is 55.3 Å². The average Bonchev–Trinajstić information content (AvgIpc) is 3.35. The van der Waals surface area contributed by atoms with Crippen molar-refractivity contribution in [3.8, 4) is 10.4 Å². The van der Waals surface area contributed by atoms with Gasteiger partial charge in [-0.25, -0.2) is 18.2 Å². The van der Waals surface area contributed by atoms with Gasteiger partial charge in [-0.05, 0) is 61.9 Å². The largest absolute Gasteiger partial charge is 0.388 e. The van der Waals surface area contributed by atoms with E-state index in [2.05, 4.69) is 5.43 Å². The summed E-state index contributed by atoms with van der Waals surface area (Å²) in [6.45, 7) is 3.39. The van der Waals surface area contributed by atoms with E-state index in [4.69, 9.17) is 0 Å². The van der Waals surface area contributed by atoms with Crippen LogP contribution in [0.15, 0.2) is 71.6 Å². The van der Waals surface area contributed by atoms with E-state index < -0.39 is 21.5 Å². The summed E-state index contributed by atoms with van der Waals surface area (Å²) in [6, 6.07) is 16.7. The number of nitrogens with one attached hydrogen (secondary N) is 1. The number of hydrogen-bond donors (Lipinski definition) is 2. The number of halogens is 1. The Morgan fingerprint density at radius 3 is 2.45 bits per heavy atom. The summed E-state index contributed by atoms with van der Waals surface area (Å²) in [5.41, 5.74) is 4.01. The molecule has 0 aliphatic carbocycles. The van der Waals surface area contributed by atoms with Crippen molar-refractivity contribution in [1.82, 2.24) is 5.43 Å². The molecule has 8 heteroatoms. The minimum absolute atomic E-state index is 0.261. The number of thiophene rings is 1. The van der Waals surface area contributed by atoms with Crippen LogP contribution in [0.4, 0.5) is 10.1 Å². The lowest BCUT2D eigenvalue weighted by Crippen LogP contribution is -2.48. The second-order valence-electron chi connectivity index (χ2n) is 8.06. The number of benzene rings is 2. The normalized spacial score (nSPS) is 17.1. The van der Waals surface area contributed by atoms with Gasteiger partial charge in [-0.2, -0.15) is 0 Å². The summed E-state index contributed by atoms with van der Waals surface area (Å²) < 4.78 is 38.4. The van der Waals surface area contributed by atoms with Gasteiger partial charge in [-0.15, -0.1) is 11.3 Å². The zero-order valence-corrected chi connectivity index (χ0v) is 19.0. The Morgan fingerprint density at radius 1 is 1.06 bits per heavy atom. The fourth-order valence-corrected chi connectivity index (χ4v) is 5.06. The molecule has 2 N–H and O–H groups in total. The van der Waals surface area contributed by atoms with Gasteiger partial charge in [-0.3, -0.25) is 5.01 Å². The molecule has 0 saturated carbocycles.